The van der Waals surface area contributed by atoms with Crippen molar-refractivity contribution in [1.82, 2.24) is 10.2 Å². The summed E-state index contributed by atoms with van der Waals surface area (Å²) in [6.45, 7) is 7.14. The molecule has 0 aliphatic rings. The number of benzene rings is 3. The summed E-state index contributed by atoms with van der Waals surface area (Å²) >= 11 is 12.5. The van der Waals surface area contributed by atoms with Crippen LogP contribution in [0.5, 0.6) is 5.75 Å². The largest absolute Gasteiger partial charge is 0.489 e. The van der Waals surface area contributed by atoms with E-state index < -0.39 is 34.1 Å². The first-order chi connectivity index (χ1) is 19.7. The third kappa shape index (κ3) is 9.64. The molecule has 0 aromatic heterocycles. The lowest BCUT2D eigenvalue weighted by atomic mass is 10.1. The Kier molecular flexibility index (Phi) is 11.3. The number of ether oxygens (including phenoxy) is 1. The molecule has 0 saturated heterocycles. The van der Waals surface area contributed by atoms with Gasteiger partial charge in [0.2, 0.25) is 21.8 Å². The molecule has 0 saturated carbocycles. The van der Waals surface area contributed by atoms with Crippen LogP contribution in [0.3, 0.4) is 0 Å². The molecule has 1 atom stereocenters. The zero-order chi connectivity index (χ0) is 31.1. The van der Waals surface area contributed by atoms with Crippen LogP contribution in [-0.4, -0.2) is 49.5 Å². The zero-order valence-corrected chi connectivity index (χ0v) is 26.8. The predicted octanol–water partition coefficient (Wildman–Crippen LogP) is 6.06. The lowest BCUT2D eigenvalue weighted by Crippen LogP contribution is -2.55. The molecule has 8 nitrogen and oxygen atoms in total. The van der Waals surface area contributed by atoms with Crippen molar-refractivity contribution in [3.8, 4) is 5.75 Å². The fraction of sp³-hybridized carbons (Fsp3) is 0.355. The minimum absolute atomic E-state index is 0.0191. The topological polar surface area (TPSA) is 96.0 Å². The van der Waals surface area contributed by atoms with Crippen LogP contribution in [0.25, 0.3) is 0 Å². The first kappa shape index (κ1) is 33.2. The first-order valence-corrected chi connectivity index (χ1v) is 16.1. The second-order valence-electron chi connectivity index (χ2n) is 11.0. The molecule has 0 bridgehead atoms. The first-order valence-electron chi connectivity index (χ1n) is 13.5. The molecule has 42 heavy (non-hydrogen) atoms. The molecule has 11 heteroatoms. The van der Waals surface area contributed by atoms with Gasteiger partial charge in [-0.2, -0.15) is 0 Å². The maximum Gasteiger partial charge on any atom is 0.244 e. The van der Waals surface area contributed by atoms with E-state index in [2.05, 4.69) is 5.32 Å². The summed E-state index contributed by atoms with van der Waals surface area (Å²) in [6.07, 6.45) is 1.33. The van der Waals surface area contributed by atoms with Gasteiger partial charge in [0.1, 0.15) is 24.9 Å². The number of hydrogen-bond acceptors (Lipinski definition) is 5. The second-order valence-corrected chi connectivity index (χ2v) is 13.7. The van der Waals surface area contributed by atoms with Gasteiger partial charge in [0.15, 0.2) is 0 Å². The number of carbonyl (C=O) groups is 2. The number of anilines is 1. The highest BCUT2D eigenvalue weighted by Crippen LogP contribution is 2.26. The molecule has 3 rings (SSSR count). The number of sulfonamides is 1. The molecule has 0 spiro atoms. The van der Waals surface area contributed by atoms with E-state index in [1.807, 2.05) is 51.1 Å². The van der Waals surface area contributed by atoms with Crippen LogP contribution in [0.15, 0.2) is 72.8 Å². The number of hydrogen-bond donors (Lipinski definition) is 1. The molecule has 226 valence electrons. The molecular formula is C31H37Cl2N3O5S. The van der Waals surface area contributed by atoms with Gasteiger partial charge in [0, 0.05) is 22.1 Å². The number of carbonyl (C=O) groups excluding carboxylic acids is 2. The summed E-state index contributed by atoms with van der Waals surface area (Å²) in [5.41, 5.74) is 1.31. The minimum atomic E-state index is -3.88. The van der Waals surface area contributed by atoms with E-state index in [4.69, 9.17) is 27.9 Å². The smallest absolute Gasteiger partial charge is 0.244 e. The lowest BCUT2D eigenvalue weighted by molar-refractivity contribution is -0.141. The average Bonchev–Trinajstić information content (AvgIpc) is 2.91. The number of halogens is 2. The van der Waals surface area contributed by atoms with Gasteiger partial charge >= 0.3 is 0 Å². The van der Waals surface area contributed by atoms with Gasteiger partial charge in [0.25, 0.3) is 0 Å². The van der Waals surface area contributed by atoms with E-state index in [-0.39, 0.29) is 18.1 Å². The average molecular weight is 635 g/mol. The fourth-order valence-electron chi connectivity index (χ4n) is 4.27. The van der Waals surface area contributed by atoms with Crippen molar-refractivity contribution in [2.75, 3.05) is 17.1 Å². The van der Waals surface area contributed by atoms with Gasteiger partial charge in [-0.3, -0.25) is 13.9 Å². The van der Waals surface area contributed by atoms with Crippen LogP contribution in [-0.2, 0) is 32.8 Å². The van der Waals surface area contributed by atoms with Gasteiger partial charge in [-0.05, 0) is 74.7 Å². The molecule has 0 aliphatic carbocycles. The molecule has 0 fully saturated rings. The van der Waals surface area contributed by atoms with Crippen LogP contribution >= 0.6 is 23.2 Å². The van der Waals surface area contributed by atoms with Crippen LogP contribution < -0.4 is 14.4 Å². The van der Waals surface area contributed by atoms with Crippen molar-refractivity contribution in [1.29, 1.82) is 0 Å². The monoisotopic (exact) mass is 633 g/mol. The molecule has 0 unspecified atom stereocenters. The molecule has 1 N–H and O–H groups in total. The number of rotatable bonds is 12. The lowest BCUT2D eigenvalue weighted by Gasteiger charge is -2.34. The molecule has 2 amide bonds. The maximum atomic E-state index is 13.9. The SMILES string of the molecule is CC[C@H](C(=O)NC(C)(C)C)N(Cc1ccc(Cl)cc1Cl)C(=O)CN(c1ccc(OCc2ccccc2)cc1)S(C)(=O)=O. The Morgan fingerprint density at radius 1 is 0.976 bits per heavy atom. The van der Waals surface area contributed by atoms with Crippen molar-refractivity contribution in [3.63, 3.8) is 0 Å². The zero-order valence-electron chi connectivity index (χ0n) is 24.4. The van der Waals surface area contributed by atoms with E-state index in [1.54, 1.807) is 49.4 Å². The molecule has 3 aromatic rings. The third-order valence-electron chi connectivity index (χ3n) is 6.29. The quantitative estimate of drug-likeness (QED) is 0.261. The highest BCUT2D eigenvalue weighted by atomic mass is 35.5. The third-order valence-corrected chi connectivity index (χ3v) is 8.02. The summed E-state index contributed by atoms with van der Waals surface area (Å²) in [5, 5.41) is 3.69. The Bertz CT molecular complexity index is 1480. The Hall–Kier alpha value is -3.27. The summed E-state index contributed by atoms with van der Waals surface area (Å²) in [7, 11) is -3.88. The van der Waals surface area contributed by atoms with Gasteiger partial charge < -0.3 is 15.0 Å². The Morgan fingerprint density at radius 2 is 1.62 bits per heavy atom. The van der Waals surface area contributed by atoms with E-state index >= 15 is 0 Å². The van der Waals surface area contributed by atoms with Crippen molar-refractivity contribution in [2.45, 2.75) is 58.8 Å². The summed E-state index contributed by atoms with van der Waals surface area (Å²) in [4.78, 5) is 28.6. The summed E-state index contributed by atoms with van der Waals surface area (Å²) in [5.74, 6) is -0.368. The standard InChI is InChI=1S/C31H37Cl2N3O5S/c1-6-28(30(38)34-31(2,3)4)35(19-23-12-13-24(32)18-27(23)33)29(37)20-36(42(5,39)40)25-14-16-26(17-15-25)41-21-22-10-8-7-9-11-22/h7-18,28H,6,19-21H2,1-5H3,(H,34,38)/t28-/m1/s1. The van der Waals surface area contributed by atoms with Gasteiger partial charge in [-0.1, -0.05) is 66.5 Å². The van der Waals surface area contributed by atoms with Crippen molar-refractivity contribution in [2.24, 2.45) is 0 Å². The van der Waals surface area contributed by atoms with Crippen molar-refractivity contribution in [3.05, 3.63) is 94.0 Å². The van der Waals surface area contributed by atoms with Gasteiger partial charge in [-0.25, -0.2) is 8.42 Å². The van der Waals surface area contributed by atoms with Gasteiger partial charge in [0.05, 0.1) is 11.9 Å². The highest BCUT2D eigenvalue weighted by molar-refractivity contribution is 7.92. The number of amides is 2. The molecular weight excluding hydrogens is 597 g/mol. The number of nitrogens with one attached hydrogen (secondary N) is 1. The van der Waals surface area contributed by atoms with E-state index in [0.29, 0.717) is 34.4 Å². The second kappa shape index (κ2) is 14.3. The van der Waals surface area contributed by atoms with E-state index in [1.165, 1.54) is 4.90 Å². The molecule has 0 heterocycles. The van der Waals surface area contributed by atoms with Crippen LogP contribution in [0.2, 0.25) is 10.0 Å². The maximum absolute atomic E-state index is 13.9. The number of nitrogens with zero attached hydrogens (tertiary/aromatic N) is 2. The minimum Gasteiger partial charge on any atom is -0.489 e. The fourth-order valence-corrected chi connectivity index (χ4v) is 5.59. The van der Waals surface area contributed by atoms with Crippen LogP contribution in [0, 0.1) is 0 Å². The van der Waals surface area contributed by atoms with E-state index in [0.717, 1.165) is 16.1 Å². The van der Waals surface area contributed by atoms with E-state index in [9.17, 15) is 18.0 Å². The predicted molar refractivity (Wildman–Crippen MR) is 168 cm³/mol. The summed E-state index contributed by atoms with van der Waals surface area (Å²) < 4.78 is 32.6. The highest BCUT2D eigenvalue weighted by Gasteiger charge is 2.33. The Labute approximate surface area is 258 Å². The molecule has 3 aromatic carbocycles. The van der Waals surface area contributed by atoms with Crippen molar-refractivity contribution < 1.29 is 22.7 Å². The van der Waals surface area contributed by atoms with Crippen LogP contribution in [0.4, 0.5) is 5.69 Å². The normalized spacial score (nSPS) is 12.4. The molecule has 0 radical (unpaired) electrons. The molecule has 0 aliphatic heterocycles. The van der Waals surface area contributed by atoms with Gasteiger partial charge in [-0.15, -0.1) is 0 Å². The Morgan fingerprint density at radius 3 is 2.17 bits per heavy atom. The van der Waals surface area contributed by atoms with Crippen LogP contribution in [0.1, 0.15) is 45.2 Å². The Balaban J connectivity index is 1.89. The van der Waals surface area contributed by atoms with Crippen molar-refractivity contribution >= 4 is 50.7 Å². The summed E-state index contributed by atoms with van der Waals surface area (Å²) in [6, 6.07) is 20.1.